The van der Waals surface area contributed by atoms with E-state index < -0.39 is 0 Å². The van der Waals surface area contributed by atoms with Gasteiger partial charge >= 0.3 is 0 Å². The Bertz CT molecular complexity index is 1430. The first kappa shape index (κ1) is 19.1. The maximum absolute atomic E-state index is 3.80. The zero-order chi connectivity index (χ0) is 22.0. The average molecular weight is 488 g/mol. The molecular weight excluding hydrogens is 466 g/mol. The fraction of sp³-hybridized carbons (Fsp3) is 0.0968. The monoisotopic (exact) mass is 487 g/mol. The van der Waals surface area contributed by atoms with Gasteiger partial charge in [0.25, 0.3) is 0 Å². The highest BCUT2D eigenvalue weighted by Gasteiger charge is 2.52. The molecule has 0 saturated heterocycles. The number of hydrogen-bond donors (Lipinski definition) is 0. The number of anilines is 3. The van der Waals surface area contributed by atoms with Crippen LogP contribution >= 0.6 is 15.9 Å². The summed E-state index contributed by atoms with van der Waals surface area (Å²) in [6, 6.07) is 35.6. The van der Waals surface area contributed by atoms with Crippen LogP contribution in [0.4, 0.5) is 17.1 Å². The van der Waals surface area contributed by atoms with Gasteiger partial charge < -0.3 is 4.90 Å². The van der Waals surface area contributed by atoms with E-state index >= 15 is 0 Å². The van der Waals surface area contributed by atoms with Gasteiger partial charge in [0.2, 0.25) is 0 Å². The standard InChI is InChI=1S/C31H22BrN/c32-21-18-19-24-23-12-4-5-13-25(23)31(28(24)20-21)26-14-6-8-16-29(26)33(22-10-2-1-3-11-22)30-17-9-7-15-27(30)31/h1-4,6-12,14-20H,5,13H2. The summed E-state index contributed by atoms with van der Waals surface area (Å²) in [6.07, 6.45) is 6.85. The van der Waals surface area contributed by atoms with Crippen molar-refractivity contribution < 1.29 is 0 Å². The van der Waals surface area contributed by atoms with Crippen molar-refractivity contribution in [2.75, 3.05) is 4.90 Å². The molecule has 0 bridgehead atoms. The molecule has 4 aromatic carbocycles. The molecule has 0 amide bonds. The summed E-state index contributed by atoms with van der Waals surface area (Å²) in [5.74, 6) is 0. The summed E-state index contributed by atoms with van der Waals surface area (Å²) in [6.45, 7) is 0. The molecule has 1 aliphatic heterocycles. The van der Waals surface area contributed by atoms with Gasteiger partial charge in [0.15, 0.2) is 0 Å². The van der Waals surface area contributed by atoms with E-state index in [2.05, 4.69) is 130 Å². The topological polar surface area (TPSA) is 3.24 Å². The Morgan fingerprint density at radius 3 is 2.09 bits per heavy atom. The lowest BCUT2D eigenvalue weighted by atomic mass is 9.63. The van der Waals surface area contributed by atoms with Crippen LogP contribution in [0.3, 0.4) is 0 Å². The second kappa shape index (κ2) is 7.07. The zero-order valence-corrected chi connectivity index (χ0v) is 19.7. The van der Waals surface area contributed by atoms with Crippen LogP contribution in [0.15, 0.2) is 119 Å². The molecule has 4 aromatic rings. The van der Waals surface area contributed by atoms with Crippen molar-refractivity contribution in [3.8, 4) is 0 Å². The Morgan fingerprint density at radius 2 is 1.36 bits per heavy atom. The summed E-state index contributed by atoms with van der Waals surface area (Å²) in [5.41, 5.74) is 11.9. The van der Waals surface area contributed by atoms with E-state index in [1.54, 1.807) is 0 Å². The molecule has 0 fully saturated rings. The van der Waals surface area contributed by atoms with Crippen LogP contribution in [0.25, 0.3) is 5.57 Å². The third-order valence-electron chi connectivity index (χ3n) is 7.41. The molecule has 0 unspecified atom stereocenters. The fourth-order valence-corrected chi connectivity index (χ4v) is 6.61. The summed E-state index contributed by atoms with van der Waals surface area (Å²) in [5, 5.41) is 0. The number of fused-ring (bicyclic) bond motifs is 8. The molecule has 0 aromatic heterocycles. The number of allylic oxidation sites excluding steroid dienone is 4. The molecule has 2 aliphatic carbocycles. The molecule has 1 heterocycles. The molecule has 33 heavy (non-hydrogen) atoms. The smallest absolute Gasteiger partial charge is 0.0717 e. The van der Waals surface area contributed by atoms with Crippen LogP contribution in [-0.2, 0) is 5.41 Å². The largest absolute Gasteiger partial charge is 0.310 e. The third kappa shape index (κ3) is 2.47. The minimum atomic E-state index is -0.280. The molecule has 0 radical (unpaired) electrons. The van der Waals surface area contributed by atoms with Crippen molar-refractivity contribution in [3.63, 3.8) is 0 Å². The van der Waals surface area contributed by atoms with Gasteiger partial charge in [-0.25, -0.2) is 0 Å². The fourth-order valence-electron chi connectivity index (χ4n) is 6.25. The normalized spacial score (nSPS) is 16.9. The maximum Gasteiger partial charge on any atom is 0.0717 e. The van der Waals surface area contributed by atoms with Crippen LogP contribution in [0, 0.1) is 0 Å². The van der Waals surface area contributed by atoms with Crippen LogP contribution in [0.1, 0.15) is 35.1 Å². The number of hydrogen-bond acceptors (Lipinski definition) is 1. The molecule has 3 aliphatic rings. The minimum Gasteiger partial charge on any atom is -0.310 e. The van der Waals surface area contributed by atoms with Gasteiger partial charge in [0.1, 0.15) is 0 Å². The van der Waals surface area contributed by atoms with Crippen molar-refractivity contribution >= 4 is 38.6 Å². The highest BCUT2D eigenvalue weighted by atomic mass is 79.9. The molecule has 0 N–H and O–H groups in total. The molecule has 2 heteroatoms. The van der Waals surface area contributed by atoms with Gasteiger partial charge in [-0.1, -0.05) is 88.7 Å². The van der Waals surface area contributed by atoms with Crippen molar-refractivity contribution in [3.05, 3.63) is 142 Å². The van der Waals surface area contributed by atoms with Crippen LogP contribution < -0.4 is 4.90 Å². The van der Waals surface area contributed by atoms with Gasteiger partial charge in [-0.2, -0.15) is 0 Å². The van der Waals surface area contributed by atoms with E-state index in [1.807, 2.05) is 0 Å². The van der Waals surface area contributed by atoms with E-state index in [-0.39, 0.29) is 5.41 Å². The Balaban J connectivity index is 1.65. The van der Waals surface area contributed by atoms with E-state index in [9.17, 15) is 0 Å². The highest BCUT2D eigenvalue weighted by molar-refractivity contribution is 9.10. The lowest BCUT2D eigenvalue weighted by Gasteiger charge is -2.46. The van der Waals surface area contributed by atoms with Gasteiger partial charge in [0, 0.05) is 10.2 Å². The number of para-hydroxylation sites is 3. The average Bonchev–Trinajstić information content (AvgIpc) is 3.15. The number of benzene rings is 4. The van der Waals surface area contributed by atoms with Crippen LogP contribution in [-0.4, -0.2) is 0 Å². The van der Waals surface area contributed by atoms with Gasteiger partial charge in [-0.05, 0) is 82.6 Å². The second-order valence-corrected chi connectivity index (χ2v) is 9.89. The van der Waals surface area contributed by atoms with Crippen LogP contribution in [0.2, 0.25) is 0 Å². The molecule has 158 valence electrons. The molecule has 1 nitrogen and oxygen atoms in total. The minimum absolute atomic E-state index is 0.280. The summed E-state index contributed by atoms with van der Waals surface area (Å²) in [4.78, 5) is 2.44. The zero-order valence-electron chi connectivity index (χ0n) is 18.1. The van der Waals surface area contributed by atoms with E-state index in [1.165, 1.54) is 50.5 Å². The predicted octanol–water partition coefficient (Wildman–Crippen LogP) is 8.68. The molecule has 0 saturated carbocycles. The Hall–Kier alpha value is -3.36. The van der Waals surface area contributed by atoms with Crippen LogP contribution in [0.5, 0.6) is 0 Å². The lowest BCUT2D eigenvalue weighted by molar-refractivity contribution is 0.686. The number of rotatable bonds is 1. The van der Waals surface area contributed by atoms with E-state index in [4.69, 9.17) is 0 Å². The molecule has 1 spiro atoms. The highest BCUT2D eigenvalue weighted by Crippen LogP contribution is 2.64. The SMILES string of the molecule is Brc1ccc2c(c1)C1(C3=C2C=CCC3)c2ccccc2N(c2ccccc2)c2ccccc21. The van der Waals surface area contributed by atoms with Gasteiger partial charge in [-0.15, -0.1) is 0 Å². The number of halogens is 1. The quantitative estimate of drug-likeness (QED) is 0.259. The first-order valence-corrected chi connectivity index (χ1v) is 12.3. The predicted molar refractivity (Wildman–Crippen MR) is 140 cm³/mol. The number of nitrogens with zero attached hydrogens (tertiary/aromatic N) is 1. The Labute approximate surface area is 202 Å². The lowest BCUT2D eigenvalue weighted by Crippen LogP contribution is -2.37. The summed E-state index contributed by atoms with van der Waals surface area (Å²) < 4.78 is 1.13. The Kier molecular flexibility index (Phi) is 4.10. The van der Waals surface area contributed by atoms with Crippen molar-refractivity contribution in [2.24, 2.45) is 0 Å². The summed E-state index contributed by atoms with van der Waals surface area (Å²) in [7, 11) is 0. The Morgan fingerprint density at radius 1 is 0.697 bits per heavy atom. The molecular formula is C31H22BrN. The molecule has 0 atom stereocenters. The first-order valence-electron chi connectivity index (χ1n) is 11.5. The summed E-state index contributed by atoms with van der Waals surface area (Å²) >= 11 is 3.80. The maximum atomic E-state index is 3.80. The van der Waals surface area contributed by atoms with Gasteiger partial charge in [-0.3, -0.25) is 0 Å². The van der Waals surface area contributed by atoms with Gasteiger partial charge in [0.05, 0.1) is 16.8 Å². The van der Waals surface area contributed by atoms with Crippen molar-refractivity contribution in [2.45, 2.75) is 18.3 Å². The second-order valence-electron chi connectivity index (χ2n) is 8.98. The van der Waals surface area contributed by atoms with Crippen molar-refractivity contribution in [1.29, 1.82) is 0 Å². The first-order chi connectivity index (χ1) is 16.3. The van der Waals surface area contributed by atoms with E-state index in [0.717, 1.165) is 17.3 Å². The third-order valence-corrected chi connectivity index (χ3v) is 7.90. The van der Waals surface area contributed by atoms with Crippen molar-refractivity contribution in [1.82, 2.24) is 0 Å². The van der Waals surface area contributed by atoms with E-state index in [0.29, 0.717) is 0 Å². The molecule has 7 rings (SSSR count).